The van der Waals surface area contributed by atoms with Gasteiger partial charge in [0.2, 0.25) is 5.95 Å². The number of H-pyrrole nitrogens is 2. The molecule has 8 nitrogen and oxygen atoms in total. The van der Waals surface area contributed by atoms with Crippen molar-refractivity contribution < 1.29 is 9.53 Å². The number of nitrogen functional groups attached to an aromatic ring is 1. The number of allylic oxidation sites excluding steroid dienone is 1. The minimum Gasteiger partial charge on any atom is -0.469 e. The van der Waals surface area contributed by atoms with Crippen LogP contribution in [0.25, 0.3) is 11.2 Å². The zero-order chi connectivity index (χ0) is 20.4. The molecule has 0 bridgehead atoms. The second-order valence-corrected chi connectivity index (χ2v) is 6.25. The molecule has 1 aliphatic carbocycles. The third kappa shape index (κ3) is 6.71. The fraction of sp³-hybridized carbons (Fsp3) is 0.300. The molecule has 2 heterocycles. The molecule has 0 radical (unpaired) electrons. The number of ether oxygens (including phenoxy) is 1. The molecular formula is C20H25N5O3. The van der Waals surface area contributed by atoms with Gasteiger partial charge in [-0.1, -0.05) is 42.5 Å². The van der Waals surface area contributed by atoms with Gasteiger partial charge in [0.25, 0.3) is 5.56 Å². The Balaban J connectivity index is 0.000000157. The van der Waals surface area contributed by atoms with Crippen molar-refractivity contribution >= 4 is 23.1 Å². The average molecular weight is 383 g/mol. The zero-order valence-corrected chi connectivity index (χ0v) is 15.9. The number of nitrogens with two attached hydrogens (primary N) is 1. The van der Waals surface area contributed by atoms with Crippen molar-refractivity contribution in [1.82, 2.24) is 19.9 Å². The number of rotatable bonds is 2. The lowest BCUT2D eigenvalue weighted by Gasteiger charge is -1.97. The number of fused-ring (bicyclic) bond motifs is 1. The molecule has 1 fully saturated rings. The first-order chi connectivity index (χ1) is 13.5. The van der Waals surface area contributed by atoms with Crippen LogP contribution in [0.1, 0.15) is 31.2 Å². The maximum absolute atomic E-state index is 11.0. The SMILES string of the molecule is C=C1CCCC1.COC(=O)Cc1ccccc1.Nc1nc2nc[nH]c2c(=O)[nH]1. The number of imidazole rings is 1. The first-order valence-electron chi connectivity index (χ1n) is 8.96. The average Bonchev–Trinajstić information content (AvgIpc) is 3.35. The fourth-order valence-corrected chi connectivity index (χ4v) is 2.57. The van der Waals surface area contributed by atoms with Crippen LogP contribution in [0.15, 0.2) is 53.6 Å². The summed E-state index contributed by atoms with van der Waals surface area (Å²) in [7, 11) is 1.39. The standard InChI is InChI=1S/C9H10O2.C6H10.C5H5N5O/c1-11-9(10)7-8-5-3-2-4-6-8;1-6-4-2-3-5-6;6-5-9-3-2(4(11)10-5)7-1-8-3/h2-6H,7H2,1H3;1-5H2;1H,(H4,6,7,8,9,10,11). The van der Waals surface area contributed by atoms with Gasteiger partial charge in [-0.2, -0.15) is 4.98 Å². The summed E-state index contributed by atoms with van der Waals surface area (Å²) in [5, 5.41) is 0. The van der Waals surface area contributed by atoms with Crippen LogP contribution < -0.4 is 11.3 Å². The maximum Gasteiger partial charge on any atom is 0.309 e. The lowest BCUT2D eigenvalue weighted by atomic mass is 10.2. The van der Waals surface area contributed by atoms with Crippen molar-refractivity contribution in [3.63, 3.8) is 0 Å². The van der Waals surface area contributed by atoms with Gasteiger partial charge >= 0.3 is 5.97 Å². The van der Waals surface area contributed by atoms with Crippen molar-refractivity contribution in [1.29, 1.82) is 0 Å². The van der Waals surface area contributed by atoms with E-state index in [4.69, 9.17) is 5.73 Å². The Morgan fingerprint density at radius 3 is 2.50 bits per heavy atom. The summed E-state index contributed by atoms with van der Waals surface area (Å²) in [5.41, 5.74) is 8.09. The normalized spacial score (nSPS) is 12.5. The van der Waals surface area contributed by atoms with E-state index in [0.29, 0.717) is 17.6 Å². The number of nitrogens with zero attached hydrogens (tertiary/aromatic N) is 2. The van der Waals surface area contributed by atoms with E-state index < -0.39 is 0 Å². The molecule has 0 aliphatic heterocycles. The van der Waals surface area contributed by atoms with Crippen LogP contribution in [-0.4, -0.2) is 33.0 Å². The van der Waals surface area contributed by atoms with Crippen LogP contribution in [0.2, 0.25) is 0 Å². The van der Waals surface area contributed by atoms with Crippen molar-refractivity contribution in [2.75, 3.05) is 12.8 Å². The molecule has 28 heavy (non-hydrogen) atoms. The van der Waals surface area contributed by atoms with Gasteiger partial charge in [0, 0.05) is 0 Å². The number of hydrogen-bond acceptors (Lipinski definition) is 6. The van der Waals surface area contributed by atoms with Crippen LogP contribution in [-0.2, 0) is 16.0 Å². The van der Waals surface area contributed by atoms with Gasteiger partial charge in [0.15, 0.2) is 11.2 Å². The van der Waals surface area contributed by atoms with E-state index in [1.165, 1.54) is 44.7 Å². The van der Waals surface area contributed by atoms with Crippen molar-refractivity contribution in [2.45, 2.75) is 32.1 Å². The predicted molar refractivity (Wildman–Crippen MR) is 109 cm³/mol. The summed E-state index contributed by atoms with van der Waals surface area (Å²) in [6.45, 7) is 3.85. The van der Waals surface area contributed by atoms with Crippen LogP contribution in [0.5, 0.6) is 0 Å². The molecule has 0 spiro atoms. The second-order valence-electron chi connectivity index (χ2n) is 6.25. The summed E-state index contributed by atoms with van der Waals surface area (Å²) in [6.07, 6.45) is 7.11. The highest BCUT2D eigenvalue weighted by Gasteiger charge is 2.02. The van der Waals surface area contributed by atoms with Gasteiger partial charge in [-0.25, -0.2) is 4.98 Å². The highest BCUT2D eigenvalue weighted by atomic mass is 16.5. The minimum absolute atomic E-state index is 0.0783. The Hall–Kier alpha value is -3.42. The number of benzene rings is 1. The van der Waals surface area contributed by atoms with E-state index in [0.717, 1.165) is 5.56 Å². The quantitative estimate of drug-likeness (QED) is 0.461. The zero-order valence-electron chi connectivity index (χ0n) is 15.9. The smallest absolute Gasteiger partial charge is 0.309 e. The Morgan fingerprint density at radius 1 is 1.25 bits per heavy atom. The summed E-state index contributed by atoms with van der Waals surface area (Å²) in [4.78, 5) is 34.3. The van der Waals surface area contributed by atoms with E-state index in [1.807, 2.05) is 30.3 Å². The third-order valence-electron chi connectivity index (χ3n) is 4.04. The number of carbonyl (C=O) groups is 1. The molecule has 148 valence electrons. The molecule has 1 aromatic carbocycles. The molecule has 4 rings (SSSR count). The lowest BCUT2D eigenvalue weighted by molar-refractivity contribution is -0.139. The van der Waals surface area contributed by atoms with Gasteiger partial charge in [0.1, 0.15) is 0 Å². The van der Waals surface area contributed by atoms with Gasteiger partial charge < -0.3 is 15.5 Å². The molecule has 3 aromatic rings. The molecule has 1 aliphatic rings. The minimum atomic E-state index is -0.301. The van der Waals surface area contributed by atoms with E-state index in [1.54, 1.807) is 0 Å². The first kappa shape index (κ1) is 20.9. The number of aromatic nitrogens is 4. The van der Waals surface area contributed by atoms with Crippen molar-refractivity contribution in [2.24, 2.45) is 0 Å². The number of anilines is 1. The highest BCUT2D eigenvalue weighted by molar-refractivity contribution is 5.72. The van der Waals surface area contributed by atoms with Crippen LogP contribution >= 0.6 is 0 Å². The van der Waals surface area contributed by atoms with Crippen LogP contribution in [0.4, 0.5) is 5.95 Å². The maximum atomic E-state index is 11.0. The van der Waals surface area contributed by atoms with Gasteiger partial charge in [-0.05, 0) is 31.2 Å². The summed E-state index contributed by atoms with van der Waals surface area (Å²) >= 11 is 0. The Kier molecular flexibility index (Phi) is 7.95. The first-order valence-corrected chi connectivity index (χ1v) is 8.96. The van der Waals surface area contributed by atoms with Crippen LogP contribution in [0.3, 0.4) is 0 Å². The number of methoxy groups -OCH3 is 1. The van der Waals surface area contributed by atoms with Gasteiger partial charge in [-0.3, -0.25) is 14.6 Å². The molecule has 4 N–H and O–H groups in total. The topological polar surface area (TPSA) is 127 Å². The van der Waals surface area contributed by atoms with E-state index >= 15 is 0 Å². The summed E-state index contributed by atoms with van der Waals surface area (Å²) in [5.74, 6) is -0.120. The Bertz CT molecular complexity index is 955. The van der Waals surface area contributed by atoms with Gasteiger partial charge in [0.05, 0.1) is 19.9 Å². The van der Waals surface area contributed by atoms with Gasteiger partial charge in [-0.15, -0.1) is 0 Å². The van der Waals surface area contributed by atoms with E-state index in [2.05, 4.69) is 31.3 Å². The van der Waals surface area contributed by atoms with Crippen molar-refractivity contribution in [3.05, 3.63) is 64.7 Å². The summed E-state index contributed by atoms with van der Waals surface area (Å²) < 4.78 is 4.52. The summed E-state index contributed by atoms with van der Waals surface area (Å²) in [6, 6.07) is 9.52. The van der Waals surface area contributed by atoms with E-state index in [9.17, 15) is 9.59 Å². The number of aromatic amines is 2. The molecule has 8 heteroatoms. The molecule has 1 saturated carbocycles. The number of esters is 1. The predicted octanol–water partition coefficient (Wildman–Crippen LogP) is 2.75. The van der Waals surface area contributed by atoms with Crippen molar-refractivity contribution in [3.8, 4) is 0 Å². The molecule has 0 atom stereocenters. The van der Waals surface area contributed by atoms with E-state index in [-0.39, 0.29) is 17.5 Å². The fourth-order valence-electron chi connectivity index (χ4n) is 2.57. The number of nitrogens with one attached hydrogen (secondary N) is 2. The number of hydrogen-bond donors (Lipinski definition) is 3. The number of carbonyl (C=O) groups excluding carboxylic acids is 1. The Labute approximate surface area is 162 Å². The second kappa shape index (κ2) is 10.7. The molecule has 0 amide bonds. The monoisotopic (exact) mass is 383 g/mol. The molecule has 0 unspecified atom stereocenters. The molecular weight excluding hydrogens is 358 g/mol. The largest absolute Gasteiger partial charge is 0.469 e. The Morgan fingerprint density at radius 2 is 1.93 bits per heavy atom. The molecule has 2 aromatic heterocycles. The molecule has 0 saturated heterocycles. The third-order valence-corrected chi connectivity index (χ3v) is 4.04. The highest BCUT2D eigenvalue weighted by Crippen LogP contribution is 2.20. The van der Waals surface area contributed by atoms with Crippen LogP contribution in [0, 0.1) is 0 Å². The lowest BCUT2D eigenvalue weighted by Crippen LogP contribution is -2.10.